The van der Waals surface area contributed by atoms with Crippen molar-refractivity contribution in [1.82, 2.24) is 9.88 Å². The molecule has 1 aliphatic heterocycles. The fourth-order valence-electron chi connectivity index (χ4n) is 2.11. The Hall–Kier alpha value is -1.86. The van der Waals surface area contributed by atoms with E-state index >= 15 is 0 Å². The van der Waals surface area contributed by atoms with E-state index in [9.17, 15) is 4.79 Å². The van der Waals surface area contributed by atoms with Gasteiger partial charge in [0.25, 0.3) is 5.91 Å². The number of pyridine rings is 1. The second-order valence-corrected chi connectivity index (χ2v) is 4.87. The lowest BCUT2D eigenvalue weighted by Gasteiger charge is -2.29. The number of nitrogens with zero attached hydrogens (tertiary/aromatic N) is 2. The highest BCUT2D eigenvalue weighted by molar-refractivity contribution is 5.92. The molecule has 0 unspecified atom stereocenters. The molecule has 4 heteroatoms. The lowest BCUT2D eigenvalue weighted by molar-refractivity contribution is 0.0691. The van der Waals surface area contributed by atoms with Crippen molar-refractivity contribution < 1.29 is 9.90 Å². The van der Waals surface area contributed by atoms with Gasteiger partial charge in [-0.1, -0.05) is 18.8 Å². The van der Waals surface area contributed by atoms with Crippen LogP contribution in [0.25, 0.3) is 0 Å². The number of hydrogen-bond acceptors (Lipinski definition) is 3. The number of amides is 1. The third kappa shape index (κ3) is 3.55. The second kappa shape index (κ2) is 6.35. The molecule has 0 atom stereocenters. The quantitative estimate of drug-likeness (QED) is 0.772. The van der Waals surface area contributed by atoms with Crippen molar-refractivity contribution in [2.45, 2.75) is 19.8 Å². The Balaban J connectivity index is 2.03. The molecular weight excluding hydrogens is 240 g/mol. The Morgan fingerprint density at radius 2 is 2.21 bits per heavy atom. The van der Waals surface area contributed by atoms with Crippen molar-refractivity contribution in [1.29, 1.82) is 0 Å². The molecule has 19 heavy (non-hydrogen) atoms. The molecule has 1 aromatic rings. The van der Waals surface area contributed by atoms with Crippen LogP contribution in [0.5, 0.6) is 0 Å². The van der Waals surface area contributed by atoms with E-state index < -0.39 is 0 Å². The van der Waals surface area contributed by atoms with Gasteiger partial charge >= 0.3 is 0 Å². The predicted molar refractivity (Wildman–Crippen MR) is 72.5 cm³/mol. The van der Waals surface area contributed by atoms with Crippen LogP contribution in [0.15, 0.2) is 18.3 Å². The fraction of sp³-hybridized carbons (Fsp3) is 0.467. The van der Waals surface area contributed by atoms with Gasteiger partial charge < -0.3 is 10.0 Å². The highest BCUT2D eigenvalue weighted by atomic mass is 16.2. The summed E-state index contributed by atoms with van der Waals surface area (Å²) < 4.78 is 0. The maximum atomic E-state index is 12.2. The van der Waals surface area contributed by atoms with Crippen LogP contribution in [-0.4, -0.2) is 40.6 Å². The highest BCUT2D eigenvalue weighted by Crippen LogP contribution is 2.17. The van der Waals surface area contributed by atoms with Crippen LogP contribution in [0.1, 0.15) is 35.8 Å². The topological polar surface area (TPSA) is 53.4 Å². The molecule has 2 rings (SSSR count). The van der Waals surface area contributed by atoms with E-state index in [2.05, 4.69) is 23.7 Å². The standard InChI is InChI=1S/C15H18N2O2/c1-12-6-8-17(9-7-12)15(19)14-5-4-13(11-16-14)3-2-10-18/h4-5,11-12,18H,6-10H2,1H3. The van der Waals surface area contributed by atoms with Crippen LogP contribution in [0.4, 0.5) is 0 Å². The smallest absolute Gasteiger partial charge is 0.272 e. The van der Waals surface area contributed by atoms with Gasteiger partial charge in [0.05, 0.1) is 0 Å². The molecule has 0 aromatic carbocycles. The number of piperidine rings is 1. The van der Waals surface area contributed by atoms with Gasteiger partial charge in [0.15, 0.2) is 0 Å². The van der Waals surface area contributed by atoms with Crippen molar-refractivity contribution in [3.8, 4) is 11.8 Å². The van der Waals surface area contributed by atoms with Crippen molar-refractivity contribution in [3.05, 3.63) is 29.6 Å². The van der Waals surface area contributed by atoms with Crippen LogP contribution >= 0.6 is 0 Å². The number of carbonyl (C=O) groups is 1. The molecule has 4 nitrogen and oxygen atoms in total. The predicted octanol–water partition coefficient (Wildman–Crippen LogP) is 1.30. The molecule has 1 aromatic heterocycles. The molecule has 0 bridgehead atoms. The van der Waals surface area contributed by atoms with Crippen molar-refractivity contribution >= 4 is 5.91 Å². The first kappa shape index (κ1) is 13.6. The zero-order chi connectivity index (χ0) is 13.7. The molecular formula is C15H18N2O2. The summed E-state index contributed by atoms with van der Waals surface area (Å²) in [5.41, 5.74) is 1.17. The summed E-state index contributed by atoms with van der Waals surface area (Å²) in [6.45, 7) is 3.67. The molecule has 0 radical (unpaired) electrons. The number of aliphatic hydroxyl groups excluding tert-OH is 1. The van der Waals surface area contributed by atoms with Gasteiger partial charge in [-0.3, -0.25) is 4.79 Å². The molecule has 1 N–H and O–H groups in total. The first-order valence-corrected chi connectivity index (χ1v) is 6.55. The molecule has 2 heterocycles. The van der Waals surface area contributed by atoms with E-state index in [0.29, 0.717) is 17.2 Å². The number of rotatable bonds is 1. The second-order valence-electron chi connectivity index (χ2n) is 4.87. The van der Waals surface area contributed by atoms with Crippen LogP contribution < -0.4 is 0 Å². The third-order valence-electron chi connectivity index (χ3n) is 3.37. The van der Waals surface area contributed by atoms with Gasteiger partial charge in [0.1, 0.15) is 12.3 Å². The minimum absolute atomic E-state index is 0.00596. The number of hydrogen-bond donors (Lipinski definition) is 1. The van der Waals surface area contributed by atoms with Gasteiger partial charge in [0.2, 0.25) is 0 Å². The lowest BCUT2D eigenvalue weighted by Crippen LogP contribution is -2.38. The van der Waals surface area contributed by atoms with Crippen molar-refractivity contribution in [2.75, 3.05) is 19.7 Å². The maximum absolute atomic E-state index is 12.2. The number of likely N-dealkylation sites (tertiary alicyclic amines) is 1. The Bertz CT molecular complexity index is 491. The van der Waals surface area contributed by atoms with Gasteiger partial charge in [-0.15, -0.1) is 0 Å². The molecule has 1 amide bonds. The molecule has 100 valence electrons. The summed E-state index contributed by atoms with van der Waals surface area (Å²) in [5, 5.41) is 8.61. The van der Waals surface area contributed by atoms with Gasteiger partial charge in [0, 0.05) is 24.8 Å². The Labute approximate surface area is 113 Å². The van der Waals surface area contributed by atoms with E-state index in [1.165, 1.54) is 0 Å². The Morgan fingerprint density at radius 1 is 1.47 bits per heavy atom. The first-order chi connectivity index (χ1) is 9.20. The number of aliphatic hydroxyl groups is 1. The SMILES string of the molecule is CC1CCN(C(=O)c2ccc(C#CCO)cn2)CC1. The van der Waals surface area contributed by atoms with Crippen molar-refractivity contribution in [2.24, 2.45) is 5.92 Å². The summed E-state index contributed by atoms with van der Waals surface area (Å²) in [6, 6.07) is 3.46. The van der Waals surface area contributed by atoms with Gasteiger partial charge in [-0.2, -0.15) is 0 Å². The van der Waals surface area contributed by atoms with Gasteiger partial charge in [-0.05, 0) is 30.9 Å². The zero-order valence-corrected chi connectivity index (χ0v) is 11.1. The monoisotopic (exact) mass is 258 g/mol. The minimum atomic E-state index is -0.174. The van der Waals surface area contributed by atoms with E-state index in [4.69, 9.17) is 5.11 Å². The largest absolute Gasteiger partial charge is 0.384 e. The number of carbonyl (C=O) groups excluding carboxylic acids is 1. The summed E-state index contributed by atoms with van der Waals surface area (Å²) in [7, 11) is 0. The fourth-order valence-corrected chi connectivity index (χ4v) is 2.11. The Morgan fingerprint density at radius 3 is 2.79 bits per heavy atom. The summed E-state index contributed by atoms with van der Waals surface area (Å²) in [6.07, 6.45) is 3.69. The maximum Gasteiger partial charge on any atom is 0.272 e. The van der Waals surface area contributed by atoms with E-state index in [0.717, 1.165) is 25.9 Å². The highest BCUT2D eigenvalue weighted by Gasteiger charge is 2.21. The average molecular weight is 258 g/mol. The summed E-state index contributed by atoms with van der Waals surface area (Å²) in [5.74, 6) is 6.01. The van der Waals surface area contributed by atoms with Gasteiger partial charge in [-0.25, -0.2) is 4.98 Å². The summed E-state index contributed by atoms with van der Waals surface area (Å²) in [4.78, 5) is 18.2. The summed E-state index contributed by atoms with van der Waals surface area (Å²) >= 11 is 0. The molecule has 1 aliphatic rings. The van der Waals surface area contributed by atoms with E-state index in [1.54, 1.807) is 18.3 Å². The average Bonchev–Trinajstić information content (AvgIpc) is 2.46. The van der Waals surface area contributed by atoms with Crippen LogP contribution in [0.3, 0.4) is 0 Å². The van der Waals surface area contributed by atoms with E-state index in [-0.39, 0.29) is 12.5 Å². The normalized spacial score (nSPS) is 15.8. The molecule has 1 saturated heterocycles. The van der Waals surface area contributed by atoms with Crippen molar-refractivity contribution in [3.63, 3.8) is 0 Å². The molecule has 1 fully saturated rings. The zero-order valence-electron chi connectivity index (χ0n) is 11.1. The van der Waals surface area contributed by atoms with Crippen LogP contribution in [0, 0.1) is 17.8 Å². The first-order valence-electron chi connectivity index (χ1n) is 6.55. The van der Waals surface area contributed by atoms with Crippen LogP contribution in [0.2, 0.25) is 0 Å². The van der Waals surface area contributed by atoms with Crippen LogP contribution in [-0.2, 0) is 0 Å². The minimum Gasteiger partial charge on any atom is -0.384 e. The third-order valence-corrected chi connectivity index (χ3v) is 3.37. The Kier molecular flexibility index (Phi) is 4.53. The molecule has 0 aliphatic carbocycles. The molecule has 0 spiro atoms. The molecule has 0 saturated carbocycles. The lowest BCUT2D eigenvalue weighted by atomic mass is 9.99. The van der Waals surface area contributed by atoms with E-state index in [1.807, 2.05) is 4.90 Å². The number of aromatic nitrogens is 1.